The van der Waals surface area contributed by atoms with Crippen LogP contribution in [0.25, 0.3) is 0 Å². The van der Waals surface area contributed by atoms with Crippen LogP contribution in [0.15, 0.2) is 24.8 Å². The lowest BCUT2D eigenvalue weighted by Gasteiger charge is -2.14. The Labute approximate surface area is 81.5 Å². The first kappa shape index (κ1) is 12.2. The molecule has 0 saturated heterocycles. The van der Waals surface area contributed by atoms with Crippen molar-refractivity contribution < 1.29 is 4.79 Å². The minimum absolute atomic E-state index is 0.0439. The van der Waals surface area contributed by atoms with E-state index in [4.69, 9.17) is 0 Å². The molecule has 2 atom stereocenters. The zero-order valence-electron chi connectivity index (χ0n) is 8.97. The summed E-state index contributed by atoms with van der Waals surface area (Å²) in [5.74, 6) is 0.757. The summed E-state index contributed by atoms with van der Waals surface area (Å²) in [5, 5.41) is 0. The molecular weight excluding hydrogens is 160 g/mol. The smallest absolute Gasteiger partial charge is 0.136 e. The van der Waals surface area contributed by atoms with Gasteiger partial charge in [-0.15, -0.1) is 6.58 Å². The van der Waals surface area contributed by atoms with E-state index in [2.05, 4.69) is 20.1 Å². The molecule has 1 heteroatoms. The highest BCUT2D eigenvalue weighted by Crippen LogP contribution is 2.19. The van der Waals surface area contributed by atoms with Gasteiger partial charge >= 0.3 is 0 Å². The molecule has 0 aliphatic carbocycles. The molecule has 0 bridgehead atoms. The number of rotatable bonds is 6. The average Bonchev–Trinajstić information content (AvgIpc) is 2.03. The van der Waals surface area contributed by atoms with E-state index in [-0.39, 0.29) is 11.7 Å². The lowest BCUT2D eigenvalue weighted by molar-refractivity contribution is -0.119. The number of hydrogen-bond acceptors (Lipinski definition) is 1. The van der Waals surface area contributed by atoms with Crippen LogP contribution in [0, 0.1) is 11.8 Å². The van der Waals surface area contributed by atoms with E-state index >= 15 is 0 Å². The van der Waals surface area contributed by atoms with Crippen LogP contribution < -0.4 is 0 Å². The van der Waals surface area contributed by atoms with Gasteiger partial charge in [0.25, 0.3) is 0 Å². The summed E-state index contributed by atoms with van der Waals surface area (Å²) in [7, 11) is 0. The molecule has 0 aromatic rings. The SMILES string of the molecule is C=C[C@H](C)CC[C@H](C(=C)C)C(C)=O. The molecule has 0 fully saturated rings. The molecule has 0 unspecified atom stereocenters. The Kier molecular flexibility index (Phi) is 5.36. The molecule has 0 amide bonds. The van der Waals surface area contributed by atoms with Gasteiger partial charge in [0.1, 0.15) is 5.78 Å². The number of carbonyl (C=O) groups excluding carboxylic acids is 1. The van der Waals surface area contributed by atoms with E-state index in [1.165, 1.54) is 0 Å². The van der Waals surface area contributed by atoms with Crippen molar-refractivity contribution in [2.24, 2.45) is 11.8 Å². The molecule has 1 nitrogen and oxygen atoms in total. The predicted octanol–water partition coefficient (Wildman–Crippen LogP) is 3.37. The fourth-order valence-corrected chi connectivity index (χ4v) is 1.34. The number of allylic oxidation sites excluding steroid dienone is 2. The van der Waals surface area contributed by atoms with Crippen molar-refractivity contribution in [1.29, 1.82) is 0 Å². The van der Waals surface area contributed by atoms with E-state index < -0.39 is 0 Å². The van der Waals surface area contributed by atoms with Gasteiger partial charge in [-0.25, -0.2) is 0 Å². The molecule has 0 N–H and O–H groups in total. The quantitative estimate of drug-likeness (QED) is 0.573. The maximum atomic E-state index is 11.2. The molecule has 0 aromatic carbocycles. The first-order chi connectivity index (χ1) is 5.99. The zero-order valence-corrected chi connectivity index (χ0v) is 8.97. The molecule has 0 saturated carbocycles. The van der Waals surface area contributed by atoms with Gasteiger partial charge in [-0.3, -0.25) is 4.79 Å². The highest BCUT2D eigenvalue weighted by Gasteiger charge is 2.14. The molecule has 0 heterocycles. The van der Waals surface area contributed by atoms with Crippen LogP contribution in [0.2, 0.25) is 0 Å². The second-order valence-electron chi connectivity index (χ2n) is 3.80. The fraction of sp³-hybridized carbons (Fsp3) is 0.583. The van der Waals surface area contributed by atoms with Crippen LogP contribution in [0.4, 0.5) is 0 Å². The summed E-state index contributed by atoms with van der Waals surface area (Å²) in [6.07, 6.45) is 3.84. The van der Waals surface area contributed by atoms with Crippen molar-refractivity contribution >= 4 is 5.78 Å². The monoisotopic (exact) mass is 180 g/mol. The fourth-order valence-electron chi connectivity index (χ4n) is 1.34. The predicted molar refractivity (Wildman–Crippen MR) is 57.6 cm³/mol. The largest absolute Gasteiger partial charge is 0.299 e. The van der Waals surface area contributed by atoms with Crippen molar-refractivity contribution in [3.05, 3.63) is 24.8 Å². The first-order valence-corrected chi connectivity index (χ1v) is 4.77. The standard InChI is InChI=1S/C12H20O/c1-6-10(4)7-8-12(9(2)3)11(5)13/h6,10,12H,1-2,7-8H2,3-5H3/t10-,12+/m0/s1. The number of Topliss-reactive ketones (excluding diaryl/α,β-unsaturated/α-hetero) is 1. The Balaban J connectivity index is 4.05. The highest BCUT2D eigenvalue weighted by atomic mass is 16.1. The summed E-state index contributed by atoms with van der Waals surface area (Å²) in [6, 6.07) is 0. The molecule has 13 heavy (non-hydrogen) atoms. The molecule has 74 valence electrons. The normalized spacial score (nSPS) is 14.7. The molecule has 0 aliphatic heterocycles. The van der Waals surface area contributed by atoms with Crippen LogP contribution in [0.1, 0.15) is 33.6 Å². The summed E-state index contributed by atoms with van der Waals surface area (Å²) in [6.45, 7) is 13.2. The molecular formula is C12H20O. The Morgan fingerprint density at radius 2 is 1.92 bits per heavy atom. The molecule has 0 aliphatic rings. The highest BCUT2D eigenvalue weighted by molar-refractivity contribution is 5.80. The van der Waals surface area contributed by atoms with Gasteiger partial charge in [0.2, 0.25) is 0 Å². The van der Waals surface area contributed by atoms with E-state index in [1.54, 1.807) is 6.92 Å². The first-order valence-electron chi connectivity index (χ1n) is 4.77. The molecule has 0 rings (SSSR count). The molecule has 0 spiro atoms. The van der Waals surface area contributed by atoms with Crippen LogP contribution in [0.3, 0.4) is 0 Å². The average molecular weight is 180 g/mol. The van der Waals surface area contributed by atoms with Crippen LogP contribution in [-0.4, -0.2) is 5.78 Å². The Bertz CT molecular complexity index is 189. The number of carbonyl (C=O) groups is 1. The van der Waals surface area contributed by atoms with Gasteiger partial charge in [-0.1, -0.05) is 25.2 Å². The molecule has 0 radical (unpaired) electrons. The van der Waals surface area contributed by atoms with E-state index in [0.717, 1.165) is 18.4 Å². The lowest BCUT2D eigenvalue weighted by atomic mass is 9.89. The summed E-state index contributed by atoms with van der Waals surface area (Å²) >= 11 is 0. The van der Waals surface area contributed by atoms with Gasteiger partial charge in [-0.2, -0.15) is 0 Å². The maximum Gasteiger partial charge on any atom is 0.136 e. The number of hydrogen-bond donors (Lipinski definition) is 0. The van der Waals surface area contributed by atoms with Crippen molar-refractivity contribution in [3.8, 4) is 0 Å². The van der Waals surface area contributed by atoms with Gasteiger partial charge in [0.05, 0.1) is 0 Å². The van der Waals surface area contributed by atoms with E-state index in [9.17, 15) is 4.79 Å². The second kappa shape index (κ2) is 5.74. The third-order valence-corrected chi connectivity index (χ3v) is 2.40. The van der Waals surface area contributed by atoms with Crippen molar-refractivity contribution in [1.82, 2.24) is 0 Å². The topological polar surface area (TPSA) is 17.1 Å². The Hall–Kier alpha value is -0.850. The van der Waals surface area contributed by atoms with Crippen LogP contribution in [0.5, 0.6) is 0 Å². The van der Waals surface area contributed by atoms with Gasteiger partial charge in [0.15, 0.2) is 0 Å². The Morgan fingerprint density at radius 1 is 1.38 bits per heavy atom. The molecule has 0 aromatic heterocycles. The van der Waals surface area contributed by atoms with Crippen molar-refractivity contribution in [2.45, 2.75) is 33.6 Å². The summed E-state index contributed by atoms with van der Waals surface area (Å²) < 4.78 is 0. The third-order valence-electron chi connectivity index (χ3n) is 2.40. The van der Waals surface area contributed by atoms with Gasteiger partial charge in [0, 0.05) is 5.92 Å². The second-order valence-corrected chi connectivity index (χ2v) is 3.80. The van der Waals surface area contributed by atoms with E-state index in [1.807, 2.05) is 13.0 Å². The summed E-state index contributed by atoms with van der Waals surface area (Å²) in [5.41, 5.74) is 0.976. The number of ketones is 1. The van der Waals surface area contributed by atoms with E-state index in [0.29, 0.717) is 5.92 Å². The summed E-state index contributed by atoms with van der Waals surface area (Å²) in [4.78, 5) is 11.2. The zero-order chi connectivity index (χ0) is 10.4. The minimum Gasteiger partial charge on any atom is -0.299 e. The maximum absolute atomic E-state index is 11.2. The van der Waals surface area contributed by atoms with Crippen molar-refractivity contribution in [3.63, 3.8) is 0 Å². The lowest BCUT2D eigenvalue weighted by Crippen LogP contribution is -2.12. The van der Waals surface area contributed by atoms with Gasteiger partial charge < -0.3 is 0 Å². The minimum atomic E-state index is 0.0439. The van der Waals surface area contributed by atoms with Crippen molar-refractivity contribution in [2.75, 3.05) is 0 Å². The van der Waals surface area contributed by atoms with Crippen LogP contribution >= 0.6 is 0 Å². The Morgan fingerprint density at radius 3 is 2.23 bits per heavy atom. The van der Waals surface area contributed by atoms with Gasteiger partial charge in [-0.05, 0) is 32.6 Å². The third kappa shape index (κ3) is 4.66. The van der Waals surface area contributed by atoms with Crippen LogP contribution in [-0.2, 0) is 4.79 Å².